The highest BCUT2D eigenvalue weighted by Gasteiger charge is 2.60. The van der Waals surface area contributed by atoms with Crippen LogP contribution in [0.4, 0.5) is 0 Å². The van der Waals surface area contributed by atoms with Crippen LogP contribution in [-0.2, 0) is 0 Å². The van der Waals surface area contributed by atoms with Gasteiger partial charge in [0, 0.05) is 4.83 Å². The SMILES string of the molecule is CCC12CCCCCC1C2Br. The van der Waals surface area contributed by atoms with Crippen molar-refractivity contribution in [1.29, 1.82) is 0 Å². The summed E-state index contributed by atoms with van der Waals surface area (Å²) in [4.78, 5) is 0.875. The highest BCUT2D eigenvalue weighted by Crippen LogP contribution is 2.65. The lowest BCUT2D eigenvalue weighted by atomic mass is 9.95. The number of halogens is 1. The number of fused-ring (bicyclic) bond motifs is 1. The first-order chi connectivity index (χ1) is 5.31. The number of hydrogen-bond acceptors (Lipinski definition) is 0. The second kappa shape index (κ2) is 2.76. The smallest absolute Gasteiger partial charge is 0.0239 e. The van der Waals surface area contributed by atoms with E-state index in [0.29, 0.717) is 0 Å². The van der Waals surface area contributed by atoms with Crippen LogP contribution >= 0.6 is 15.9 Å². The lowest BCUT2D eigenvalue weighted by Crippen LogP contribution is -2.02. The third-order valence-corrected chi connectivity index (χ3v) is 5.40. The van der Waals surface area contributed by atoms with Crippen molar-refractivity contribution in [2.24, 2.45) is 11.3 Å². The van der Waals surface area contributed by atoms with Crippen molar-refractivity contribution in [3.63, 3.8) is 0 Å². The van der Waals surface area contributed by atoms with Crippen molar-refractivity contribution in [2.45, 2.75) is 50.3 Å². The first-order valence-corrected chi connectivity index (χ1v) is 5.87. The summed E-state index contributed by atoms with van der Waals surface area (Å²) >= 11 is 3.83. The van der Waals surface area contributed by atoms with Gasteiger partial charge in [0.15, 0.2) is 0 Å². The maximum absolute atomic E-state index is 3.83. The van der Waals surface area contributed by atoms with E-state index in [1.165, 1.54) is 38.5 Å². The van der Waals surface area contributed by atoms with E-state index in [-0.39, 0.29) is 0 Å². The molecule has 2 aliphatic carbocycles. The van der Waals surface area contributed by atoms with E-state index in [1.807, 2.05) is 0 Å². The average molecular weight is 217 g/mol. The molecule has 64 valence electrons. The van der Waals surface area contributed by atoms with Gasteiger partial charge >= 0.3 is 0 Å². The molecule has 2 fully saturated rings. The largest absolute Gasteiger partial charge is 0.0881 e. The number of alkyl halides is 1. The molecule has 0 aliphatic heterocycles. The Hall–Kier alpha value is 0.480. The van der Waals surface area contributed by atoms with Gasteiger partial charge in [-0.3, -0.25) is 0 Å². The van der Waals surface area contributed by atoms with Crippen molar-refractivity contribution >= 4 is 15.9 Å². The molecule has 0 spiro atoms. The molecule has 0 bridgehead atoms. The van der Waals surface area contributed by atoms with Crippen LogP contribution in [0.2, 0.25) is 0 Å². The second-order valence-electron chi connectivity index (χ2n) is 4.19. The molecule has 0 radical (unpaired) electrons. The zero-order chi connectivity index (χ0) is 7.90. The van der Waals surface area contributed by atoms with Crippen LogP contribution in [0.5, 0.6) is 0 Å². The van der Waals surface area contributed by atoms with Crippen molar-refractivity contribution in [3.8, 4) is 0 Å². The van der Waals surface area contributed by atoms with Gasteiger partial charge < -0.3 is 0 Å². The van der Waals surface area contributed by atoms with Crippen LogP contribution in [-0.4, -0.2) is 4.83 Å². The Morgan fingerprint density at radius 1 is 1.36 bits per heavy atom. The minimum absolute atomic E-state index is 0.747. The molecule has 0 nitrogen and oxygen atoms in total. The average Bonchev–Trinajstić information content (AvgIpc) is 2.64. The number of hydrogen-bond donors (Lipinski definition) is 0. The molecule has 0 heterocycles. The van der Waals surface area contributed by atoms with Crippen LogP contribution < -0.4 is 0 Å². The fourth-order valence-corrected chi connectivity index (χ4v) is 4.44. The van der Waals surface area contributed by atoms with E-state index >= 15 is 0 Å². The second-order valence-corrected chi connectivity index (χ2v) is 5.18. The fourth-order valence-electron chi connectivity index (χ4n) is 2.91. The van der Waals surface area contributed by atoms with Crippen molar-refractivity contribution in [3.05, 3.63) is 0 Å². The normalized spacial score (nSPS) is 49.6. The zero-order valence-corrected chi connectivity index (χ0v) is 8.86. The monoisotopic (exact) mass is 216 g/mol. The van der Waals surface area contributed by atoms with E-state index in [2.05, 4.69) is 22.9 Å². The van der Waals surface area contributed by atoms with Crippen LogP contribution in [0.25, 0.3) is 0 Å². The molecule has 2 aliphatic rings. The quantitative estimate of drug-likeness (QED) is 0.587. The van der Waals surface area contributed by atoms with Crippen molar-refractivity contribution in [1.82, 2.24) is 0 Å². The lowest BCUT2D eigenvalue weighted by Gasteiger charge is -2.11. The Kier molecular flexibility index (Phi) is 2.03. The zero-order valence-electron chi connectivity index (χ0n) is 7.28. The standard InChI is InChI=1S/C10H17Br/c1-2-10-7-5-3-4-6-8(10)9(10)11/h8-9H,2-7H2,1H3. The third-order valence-electron chi connectivity index (χ3n) is 3.85. The summed E-state index contributed by atoms with van der Waals surface area (Å²) in [5.74, 6) is 1.04. The maximum Gasteiger partial charge on any atom is 0.0239 e. The summed E-state index contributed by atoms with van der Waals surface area (Å²) in [6.45, 7) is 2.36. The van der Waals surface area contributed by atoms with E-state index in [4.69, 9.17) is 0 Å². The molecule has 2 rings (SSSR count). The molecule has 2 saturated carbocycles. The Morgan fingerprint density at radius 2 is 2.18 bits per heavy atom. The predicted octanol–water partition coefficient (Wildman–Crippen LogP) is 3.74. The molecule has 0 saturated heterocycles. The predicted molar refractivity (Wildman–Crippen MR) is 52.0 cm³/mol. The van der Waals surface area contributed by atoms with E-state index < -0.39 is 0 Å². The molecule has 3 unspecified atom stereocenters. The van der Waals surface area contributed by atoms with E-state index in [1.54, 1.807) is 0 Å². The van der Waals surface area contributed by atoms with Gasteiger partial charge in [0.2, 0.25) is 0 Å². The summed E-state index contributed by atoms with van der Waals surface area (Å²) in [6.07, 6.45) is 8.82. The molecule has 11 heavy (non-hydrogen) atoms. The van der Waals surface area contributed by atoms with Gasteiger partial charge in [-0.2, -0.15) is 0 Å². The molecule has 0 aromatic carbocycles. The molecule has 0 N–H and O–H groups in total. The minimum atomic E-state index is 0.747. The van der Waals surface area contributed by atoms with Gasteiger partial charge in [0.05, 0.1) is 0 Å². The van der Waals surface area contributed by atoms with Gasteiger partial charge in [-0.15, -0.1) is 0 Å². The summed E-state index contributed by atoms with van der Waals surface area (Å²) in [5.41, 5.74) is 0.747. The summed E-state index contributed by atoms with van der Waals surface area (Å²) < 4.78 is 0. The van der Waals surface area contributed by atoms with Gasteiger partial charge in [0.25, 0.3) is 0 Å². The lowest BCUT2D eigenvalue weighted by molar-refractivity contribution is 0.410. The Balaban J connectivity index is 2.07. The van der Waals surface area contributed by atoms with Crippen LogP contribution in [0, 0.1) is 11.3 Å². The summed E-state index contributed by atoms with van der Waals surface area (Å²) in [7, 11) is 0. The number of rotatable bonds is 1. The van der Waals surface area contributed by atoms with Crippen LogP contribution in [0.1, 0.15) is 45.4 Å². The van der Waals surface area contributed by atoms with Gasteiger partial charge in [0.1, 0.15) is 0 Å². The van der Waals surface area contributed by atoms with Crippen LogP contribution in [0.15, 0.2) is 0 Å². The Morgan fingerprint density at radius 3 is 2.91 bits per heavy atom. The van der Waals surface area contributed by atoms with Crippen molar-refractivity contribution < 1.29 is 0 Å². The van der Waals surface area contributed by atoms with Gasteiger partial charge in [-0.1, -0.05) is 42.1 Å². The van der Waals surface area contributed by atoms with E-state index in [0.717, 1.165) is 16.2 Å². The third kappa shape index (κ3) is 1.07. The van der Waals surface area contributed by atoms with Crippen LogP contribution in [0.3, 0.4) is 0 Å². The maximum atomic E-state index is 3.83. The fraction of sp³-hybridized carbons (Fsp3) is 1.00. The summed E-state index contributed by atoms with van der Waals surface area (Å²) in [5, 5.41) is 0. The van der Waals surface area contributed by atoms with E-state index in [9.17, 15) is 0 Å². The Bertz CT molecular complexity index is 155. The first-order valence-electron chi connectivity index (χ1n) is 4.95. The molecular weight excluding hydrogens is 200 g/mol. The Labute approximate surface area is 77.9 Å². The topological polar surface area (TPSA) is 0 Å². The van der Waals surface area contributed by atoms with Gasteiger partial charge in [-0.25, -0.2) is 0 Å². The molecule has 1 heteroatoms. The minimum Gasteiger partial charge on any atom is -0.0881 e. The van der Waals surface area contributed by atoms with Gasteiger partial charge in [-0.05, 0) is 30.6 Å². The highest BCUT2D eigenvalue weighted by atomic mass is 79.9. The molecule has 0 amide bonds. The molecule has 3 atom stereocenters. The van der Waals surface area contributed by atoms with Crippen molar-refractivity contribution in [2.75, 3.05) is 0 Å². The molecular formula is C10H17Br. The molecule has 0 aromatic heterocycles. The highest BCUT2D eigenvalue weighted by molar-refractivity contribution is 9.09. The molecule has 0 aromatic rings. The summed E-state index contributed by atoms with van der Waals surface area (Å²) in [6, 6.07) is 0. The first kappa shape index (κ1) is 8.10.